The van der Waals surface area contributed by atoms with Crippen LogP contribution in [0.15, 0.2) is 0 Å². The molecule has 21 heavy (non-hydrogen) atoms. The van der Waals surface area contributed by atoms with Gasteiger partial charge in [0.2, 0.25) is 5.91 Å². The summed E-state index contributed by atoms with van der Waals surface area (Å²) in [5.74, 6) is 0.891. The van der Waals surface area contributed by atoms with Gasteiger partial charge in [0, 0.05) is 18.6 Å². The van der Waals surface area contributed by atoms with E-state index in [0.717, 1.165) is 13.1 Å². The number of hydrogen-bond acceptors (Lipinski definition) is 3. The molecule has 2 rings (SSSR count). The lowest BCUT2D eigenvalue weighted by atomic mass is 9.94. The van der Waals surface area contributed by atoms with Crippen molar-refractivity contribution in [2.45, 2.75) is 70.4 Å². The monoisotopic (exact) mass is 295 g/mol. The molecule has 4 nitrogen and oxygen atoms in total. The molecule has 2 unspecified atom stereocenters. The van der Waals surface area contributed by atoms with Crippen molar-refractivity contribution in [3.63, 3.8) is 0 Å². The number of rotatable bonds is 6. The van der Waals surface area contributed by atoms with E-state index in [1.54, 1.807) is 0 Å². The topological polar surface area (TPSA) is 49.6 Å². The molecule has 0 bridgehead atoms. The number of hydrogen-bond donors (Lipinski definition) is 1. The maximum atomic E-state index is 12.7. The minimum Gasteiger partial charge on any atom is -0.339 e. The highest BCUT2D eigenvalue weighted by Crippen LogP contribution is 2.29. The molecule has 0 aromatic heterocycles. The zero-order valence-corrected chi connectivity index (χ0v) is 13.9. The van der Waals surface area contributed by atoms with Crippen LogP contribution in [0.2, 0.25) is 0 Å². The van der Waals surface area contributed by atoms with Gasteiger partial charge in [-0.1, -0.05) is 25.7 Å². The van der Waals surface area contributed by atoms with Crippen molar-refractivity contribution in [1.82, 2.24) is 9.80 Å². The Morgan fingerprint density at radius 2 is 1.81 bits per heavy atom. The number of amides is 1. The van der Waals surface area contributed by atoms with Crippen LogP contribution in [0.1, 0.15) is 58.3 Å². The first-order valence-electron chi connectivity index (χ1n) is 8.87. The van der Waals surface area contributed by atoms with Gasteiger partial charge in [-0.05, 0) is 52.1 Å². The van der Waals surface area contributed by atoms with Gasteiger partial charge in [0.1, 0.15) is 0 Å². The molecular formula is C17H33N3O. The average Bonchev–Trinajstić information content (AvgIpc) is 2.97. The van der Waals surface area contributed by atoms with Crippen molar-refractivity contribution >= 4 is 5.91 Å². The van der Waals surface area contributed by atoms with Crippen LogP contribution in [0.25, 0.3) is 0 Å². The third-order valence-electron chi connectivity index (χ3n) is 5.55. The van der Waals surface area contributed by atoms with Gasteiger partial charge >= 0.3 is 0 Å². The molecule has 2 saturated carbocycles. The zero-order valence-electron chi connectivity index (χ0n) is 13.9. The molecule has 0 heterocycles. The Kier molecular flexibility index (Phi) is 6.49. The highest BCUT2D eigenvalue weighted by molar-refractivity contribution is 5.78. The number of nitrogens with zero attached hydrogens (tertiary/aromatic N) is 2. The first-order chi connectivity index (χ1) is 10.2. The smallest absolute Gasteiger partial charge is 0.236 e. The van der Waals surface area contributed by atoms with E-state index in [1.807, 2.05) is 0 Å². The third-order valence-corrected chi connectivity index (χ3v) is 5.55. The van der Waals surface area contributed by atoms with E-state index >= 15 is 0 Å². The number of likely N-dealkylation sites (N-methyl/N-ethyl adjacent to an activating group) is 2. The van der Waals surface area contributed by atoms with E-state index in [4.69, 9.17) is 5.73 Å². The second kappa shape index (κ2) is 8.14. The standard InChI is InChI=1S/C17H33N3O/c1-3-20(15-9-5-4-6-10-15)17(21)13-19(2)16-11-7-8-14(16)12-18/h14-16H,3-13,18H2,1-2H3. The second-order valence-corrected chi connectivity index (χ2v) is 6.88. The fourth-order valence-electron chi connectivity index (χ4n) is 4.32. The Morgan fingerprint density at radius 3 is 2.43 bits per heavy atom. The summed E-state index contributed by atoms with van der Waals surface area (Å²) in [4.78, 5) is 17.1. The highest BCUT2D eigenvalue weighted by Gasteiger charge is 2.32. The molecule has 1 amide bonds. The number of carbonyl (C=O) groups excluding carboxylic acids is 1. The van der Waals surface area contributed by atoms with Crippen molar-refractivity contribution in [2.24, 2.45) is 11.7 Å². The van der Waals surface area contributed by atoms with Crippen molar-refractivity contribution in [3.8, 4) is 0 Å². The highest BCUT2D eigenvalue weighted by atomic mass is 16.2. The van der Waals surface area contributed by atoms with Gasteiger partial charge in [-0.2, -0.15) is 0 Å². The van der Waals surface area contributed by atoms with E-state index in [1.165, 1.54) is 51.4 Å². The maximum Gasteiger partial charge on any atom is 0.236 e. The molecule has 2 aliphatic carbocycles. The van der Waals surface area contributed by atoms with Gasteiger partial charge in [-0.25, -0.2) is 0 Å². The maximum absolute atomic E-state index is 12.7. The molecule has 122 valence electrons. The second-order valence-electron chi connectivity index (χ2n) is 6.88. The number of nitrogens with two attached hydrogens (primary N) is 1. The summed E-state index contributed by atoms with van der Waals surface area (Å²) in [6.07, 6.45) is 9.95. The van der Waals surface area contributed by atoms with Crippen LogP contribution in [0.4, 0.5) is 0 Å². The van der Waals surface area contributed by atoms with Crippen LogP contribution in [0, 0.1) is 5.92 Å². The molecule has 0 radical (unpaired) electrons. The fourth-order valence-corrected chi connectivity index (χ4v) is 4.32. The number of carbonyl (C=O) groups is 1. The van der Waals surface area contributed by atoms with Gasteiger partial charge < -0.3 is 10.6 Å². The summed E-state index contributed by atoms with van der Waals surface area (Å²) in [5.41, 5.74) is 5.87. The van der Waals surface area contributed by atoms with Crippen molar-refractivity contribution in [1.29, 1.82) is 0 Å². The first-order valence-corrected chi connectivity index (χ1v) is 8.87. The van der Waals surface area contributed by atoms with Crippen molar-refractivity contribution in [2.75, 3.05) is 26.7 Å². The summed E-state index contributed by atoms with van der Waals surface area (Å²) in [6, 6.07) is 0.988. The Bertz CT molecular complexity index is 328. The van der Waals surface area contributed by atoms with E-state index < -0.39 is 0 Å². The molecule has 2 N–H and O–H groups in total. The fraction of sp³-hybridized carbons (Fsp3) is 0.941. The predicted molar refractivity (Wildman–Crippen MR) is 87.1 cm³/mol. The van der Waals surface area contributed by atoms with Gasteiger partial charge in [0.05, 0.1) is 6.54 Å². The summed E-state index contributed by atoms with van der Waals surface area (Å²) in [6.45, 7) is 4.28. The Morgan fingerprint density at radius 1 is 1.10 bits per heavy atom. The SMILES string of the molecule is CCN(C(=O)CN(C)C1CCCC1CN)C1CCCCC1. The average molecular weight is 295 g/mol. The Balaban J connectivity index is 1.89. The van der Waals surface area contributed by atoms with E-state index in [2.05, 4.69) is 23.8 Å². The van der Waals surface area contributed by atoms with Crippen LogP contribution >= 0.6 is 0 Å². The lowest BCUT2D eigenvalue weighted by Gasteiger charge is -2.36. The summed E-state index contributed by atoms with van der Waals surface area (Å²) < 4.78 is 0. The predicted octanol–water partition coefficient (Wildman–Crippen LogP) is 2.23. The van der Waals surface area contributed by atoms with Crippen LogP contribution in [0.3, 0.4) is 0 Å². The molecule has 0 saturated heterocycles. The minimum absolute atomic E-state index is 0.314. The Hall–Kier alpha value is -0.610. The molecule has 0 aromatic carbocycles. The molecule has 0 aromatic rings. The molecule has 0 spiro atoms. The quantitative estimate of drug-likeness (QED) is 0.817. The summed E-state index contributed by atoms with van der Waals surface area (Å²) >= 11 is 0. The van der Waals surface area contributed by atoms with Crippen molar-refractivity contribution in [3.05, 3.63) is 0 Å². The zero-order chi connectivity index (χ0) is 15.2. The summed E-state index contributed by atoms with van der Waals surface area (Å²) in [5, 5.41) is 0. The summed E-state index contributed by atoms with van der Waals surface area (Å²) in [7, 11) is 2.10. The lowest BCUT2D eigenvalue weighted by molar-refractivity contribution is -0.135. The Labute approximate surface area is 130 Å². The van der Waals surface area contributed by atoms with E-state index in [9.17, 15) is 4.79 Å². The van der Waals surface area contributed by atoms with Gasteiger partial charge in [-0.15, -0.1) is 0 Å². The van der Waals surface area contributed by atoms with Gasteiger partial charge in [0.15, 0.2) is 0 Å². The van der Waals surface area contributed by atoms with E-state index in [-0.39, 0.29) is 0 Å². The van der Waals surface area contributed by atoms with Gasteiger partial charge in [0.25, 0.3) is 0 Å². The molecule has 2 aliphatic rings. The molecule has 0 aliphatic heterocycles. The van der Waals surface area contributed by atoms with E-state index in [0.29, 0.717) is 30.5 Å². The largest absolute Gasteiger partial charge is 0.339 e. The third kappa shape index (κ3) is 4.19. The van der Waals surface area contributed by atoms with Crippen LogP contribution in [0.5, 0.6) is 0 Å². The minimum atomic E-state index is 0.314. The molecule has 2 fully saturated rings. The molecule has 2 atom stereocenters. The lowest BCUT2D eigenvalue weighted by Crippen LogP contribution is -2.48. The molecule has 4 heteroatoms. The van der Waals surface area contributed by atoms with Gasteiger partial charge in [-0.3, -0.25) is 9.69 Å². The first kappa shape index (κ1) is 16.8. The normalized spacial score (nSPS) is 27.2. The van der Waals surface area contributed by atoms with Crippen molar-refractivity contribution < 1.29 is 4.79 Å². The van der Waals surface area contributed by atoms with Crippen LogP contribution in [-0.2, 0) is 4.79 Å². The van der Waals surface area contributed by atoms with Crippen LogP contribution < -0.4 is 5.73 Å². The van der Waals surface area contributed by atoms with Crippen LogP contribution in [-0.4, -0.2) is 54.5 Å². The molecular weight excluding hydrogens is 262 g/mol.